The molecule has 2 unspecified atom stereocenters. The molecular weight excluding hydrogens is 262 g/mol. The number of aromatic nitrogens is 2. The molecule has 4 heteroatoms. The summed E-state index contributed by atoms with van der Waals surface area (Å²) < 4.78 is 2.05. The molecule has 0 saturated carbocycles. The van der Waals surface area contributed by atoms with Crippen molar-refractivity contribution in [1.82, 2.24) is 14.5 Å². The van der Waals surface area contributed by atoms with E-state index in [9.17, 15) is 4.79 Å². The number of allylic oxidation sites excluding steroid dienone is 2. The van der Waals surface area contributed by atoms with E-state index >= 15 is 0 Å². The number of aryl methyl sites for hydroxylation is 1. The Balaban J connectivity index is 2.02. The molecule has 0 spiro atoms. The average Bonchev–Trinajstić information content (AvgIpc) is 3.01. The van der Waals surface area contributed by atoms with Crippen LogP contribution in [-0.4, -0.2) is 33.3 Å². The standard InChI is InChI=1S/C17H27N3O/c1-5-14(3)16(21)12-20-11-13(2)10-15(20)6-7-17-18-8-9-19(17)4/h6,8-9,13-14H,5,7,10-12H2,1-4H3/b15-6+. The summed E-state index contributed by atoms with van der Waals surface area (Å²) in [5.41, 5.74) is 1.31. The van der Waals surface area contributed by atoms with Crippen LogP contribution in [0.2, 0.25) is 0 Å². The van der Waals surface area contributed by atoms with Gasteiger partial charge in [-0.05, 0) is 18.8 Å². The van der Waals surface area contributed by atoms with E-state index < -0.39 is 0 Å². The lowest BCUT2D eigenvalue weighted by Gasteiger charge is -2.21. The Morgan fingerprint density at radius 1 is 1.57 bits per heavy atom. The molecule has 1 aromatic rings. The van der Waals surface area contributed by atoms with Gasteiger partial charge in [0.1, 0.15) is 5.82 Å². The van der Waals surface area contributed by atoms with Crippen LogP contribution in [0.5, 0.6) is 0 Å². The number of rotatable bonds is 6. The molecule has 1 aromatic heterocycles. The smallest absolute Gasteiger partial charge is 0.154 e. The Labute approximate surface area is 127 Å². The summed E-state index contributed by atoms with van der Waals surface area (Å²) in [4.78, 5) is 18.8. The van der Waals surface area contributed by atoms with Gasteiger partial charge >= 0.3 is 0 Å². The van der Waals surface area contributed by atoms with E-state index in [-0.39, 0.29) is 5.92 Å². The van der Waals surface area contributed by atoms with Gasteiger partial charge in [-0.15, -0.1) is 0 Å². The van der Waals surface area contributed by atoms with E-state index in [1.807, 2.05) is 30.9 Å². The first-order valence-corrected chi connectivity index (χ1v) is 7.94. The van der Waals surface area contributed by atoms with E-state index in [4.69, 9.17) is 0 Å². The van der Waals surface area contributed by atoms with Crippen LogP contribution in [0, 0.1) is 11.8 Å². The summed E-state index contributed by atoms with van der Waals surface area (Å²) in [5.74, 6) is 2.21. The first-order chi connectivity index (χ1) is 10.0. The predicted molar refractivity (Wildman–Crippen MR) is 84.8 cm³/mol. The molecule has 0 radical (unpaired) electrons. The Hall–Kier alpha value is -1.58. The summed E-state index contributed by atoms with van der Waals surface area (Å²) in [5, 5.41) is 0. The highest BCUT2D eigenvalue weighted by molar-refractivity contribution is 5.82. The quantitative estimate of drug-likeness (QED) is 0.808. The van der Waals surface area contributed by atoms with Crippen molar-refractivity contribution in [1.29, 1.82) is 0 Å². The largest absolute Gasteiger partial charge is 0.367 e. The van der Waals surface area contributed by atoms with Crippen LogP contribution in [0.1, 0.15) is 39.4 Å². The van der Waals surface area contributed by atoms with Crippen molar-refractivity contribution in [2.75, 3.05) is 13.1 Å². The van der Waals surface area contributed by atoms with Crippen LogP contribution in [-0.2, 0) is 18.3 Å². The Kier molecular flexibility index (Phi) is 5.21. The topological polar surface area (TPSA) is 38.1 Å². The highest BCUT2D eigenvalue weighted by Gasteiger charge is 2.26. The molecule has 1 aliphatic heterocycles. The van der Waals surface area contributed by atoms with Crippen molar-refractivity contribution >= 4 is 5.78 Å². The number of Topliss-reactive ketones (excluding diaryl/α,β-unsaturated/α-hetero) is 1. The molecule has 1 saturated heterocycles. The molecule has 0 N–H and O–H groups in total. The molecule has 2 heterocycles. The van der Waals surface area contributed by atoms with Crippen molar-refractivity contribution in [2.45, 2.75) is 40.0 Å². The van der Waals surface area contributed by atoms with Crippen molar-refractivity contribution in [3.8, 4) is 0 Å². The Morgan fingerprint density at radius 3 is 2.95 bits per heavy atom. The minimum Gasteiger partial charge on any atom is -0.367 e. The lowest BCUT2D eigenvalue weighted by Crippen LogP contribution is -2.29. The molecular formula is C17H27N3O. The predicted octanol–water partition coefficient (Wildman–Crippen LogP) is 2.80. The van der Waals surface area contributed by atoms with Crippen LogP contribution in [0.4, 0.5) is 0 Å². The summed E-state index contributed by atoms with van der Waals surface area (Å²) in [7, 11) is 2.02. The first-order valence-electron chi connectivity index (χ1n) is 7.94. The Bertz CT molecular complexity index is 518. The number of nitrogens with zero attached hydrogens (tertiary/aromatic N) is 3. The number of carbonyl (C=O) groups is 1. The molecule has 4 nitrogen and oxygen atoms in total. The van der Waals surface area contributed by atoms with E-state index in [1.165, 1.54) is 5.70 Å². The number of hydrogen-bond donors (Lipinski definition) is 0. The molecule has 0 amide bonds. The fraction of sp³-hybridized carbons (Fsp3) is 0.647. The van der Waals surface area contributed by atoms with Crippen molar-refractivity contribution < 1.29 is 4.79 Å². The van der Waals surface area contributed by atoms with E-state index in [0.717, 1.165) is 31.6 Å². The minimum atomic E-state index is 0.164. The van der Waals surface area contributed by atoms with Gasteiger partial charge in [-0.1, -0.05) is 26.8 Å². The van der Waals surface area contributed by atoms with Gasteiger partial charge in [0.25, 0.3) is 0 Å². The monoisotopic (exact) mass is 289 g/mol. The van der Waals surface area contributed by atoms with Crippen molar-refractivity contribution in [3.63, 3.8) is 0 Å². The Morgan fingerprint density at radius 2 is 2.33 bits per heavy atom. The van der Waals surface area contributed by atoms with E-state index in [2.05, 4.69) is 29.8 Å². The van der Waals surface area contributed by atoms with Crippen LogP contribution in [0.15, 0.2) is 24.2 Å². The number of ketones is 1. The van der Waals surface area contributed by atoms with Gasteiger partial charge in [0, 0.05) is 44.0 Å². The lowest BCUT2D eigenvalue weighted by molar-refractivity contribution is -0.123. The fourth-order valence-corrected chi connectivity index (χ4v) is 2.80. The van der Waals surface area contributed by atoms with Crippen LogP contribution >= 0.6 is 0 Å². The fourth-order valence-electron chi connectivity index (χ4n) is 2.80. The van der Waals surface area contributed by atoms with Gasteiger partial charge in [0.15, 0.2) is 5.78 Å². The number of likely N-dealkylation sites (tertiary alicyclic amines) is 1. The maximum atomic E-state index is 12.2. The summed E-state index contributed by atoms with van der Waals surface area (Å²) in [6.07, 6.45) is 8.87. The SMILES string of the molecule is CCC(C)C(=O)CN1CC(C)C/C1=C\Cc1nccn1C. The molecule has 2 rings (SSSR count). The van der Waals surface area contributed by atoms with Gasteiger partial charge in [-0.3, -0.25) is 4.79 Å². The van der Waals surface area contributed by atoms with Crippen molar-refractivity contribution in [3.05, 3.63) is 30.0 Å². The molecule has 0 bridgehead atoms. The summed E-state index contributed by atoms with van der Waals surface area (Å²) in [6, 6.07) is 0. The number of hydrogen-bond acceptors (Lipinski definition) is 3. The normalized spacial score (nSPS) is 22.0. The second-order valence-electron chi connectivity index (χ2n) is 6.32. The van der Waals surface area contributed by atoms with Gasteiger partial charge in [-0.25, -0.2) is 4.98 Å². The minimum absolute atomic E-state index is 0.164. The zero-order valence-corrected chi connectivity index (χ0v) is 13.7. The van der Waals surface area contributed by atoms with Crippen LogP contribution < -0.4 is 0 Å². The third-order valence-electron chi connectivity index (χ3n) is 4.45. The molecule has 1 fully saturated rings. The third-order valence-corrected chi connectivity index (χ3v) is 4.45. The van der Waals surface area contributed by atoms with E-state index in [0.29, 0.717) is 18.2 Å². The first kappa shape index (κ1) is 15.8. The maximum Gasteiger partial charge on any atom is 0.154 e. The van der Waals surface area contributed by atoms with E-state index in [1.54, 1.807) is 0 Å². The molecule has 0 aliphatic carbocycles. The summed E-state index contributed by atoms with van der Waals surface area (Å²) in [6.45, 7) is 7.91. The molecule has 21 heavy (non-hydrogen) atoms. The molecule has 2 atom stereocenters. The molecule has 1 aliphatic rings. The second kappa shape index (κ2) is 6.92. The number of imidazole rings is 1. The number of carbonyl (C=O) groups excluding carboxylic acids is 1. The highest BCUT2D eigenvalue weighted by Crippen LogP contribution is 2.26. The van der Waals surface area contributed by atoms with Crippen LogP contribution in [0.25, 0.3) is 0 Å². The second-order valence-corrected chi connectivity index (χ2v) is 6.32. The van der Waals surface area contributed by atoms with Gasteiger partial charge in [-0.2, -0.15) is 0 Å². The van der Waals surface area contributed by atoms with Gasteiger partial charge in [0.05, 0.1) is 6.54 Å². The lowest BCUT2D eigenvalue weighted by atomic mass is 10.0. The zero-order valence-electron chi connectivity index (χ0n) is 13.7. The molecule has 0 aromatic carbocycles. The molecule has 116 valence electrons. The van der Waals surface area contributed by atoms with Gasteiger partial charge < -0.3 is 9.47 Å². The average molecular weight is 289 g/mol. The summed E-state index contributed by atoms with van der Waals surface area (Å²) >= 11 is 0. The van der Waals surface area contributed by atoms with Crippen LogP contribution in [0.3, 0.4) is 0 Å². The van der Waals surface area contributed by atoms with Gasteiger partial charge in [0.2, 0.25) is 0 Å². The third kappa shape index (κ3) is 3.96. The maximum absolute atomic E-state index is 12.2. The van der Waals surface area contributed by atoms with Crippen molar-refractivity contribution in [2.24, 2.45) is 18.9 Å². The highest BCUT2D eigenvalue weighted by atomic mass is 16.1. The zero-order chi connectivity index (χ0) is 15.4.